The molecule has 0 bridgehead atoms. The van der Waals surface area contributed by atoms with Crippen molar-refractivity contribution in [1.82, 2.24) is 4.31 Å². The first-order valence-corrected chi connectivity index (χ1v) is 8.03. The highest BCUT2D eigenvalue weighted by molar-refractivity contribution is 9.10. The number of alkyl halides is 1. The van der Waals surface area contributed by atoms with Crippen molar-refractivity contribution in [1.29, 1.82) is 0 Å². The Morgan fingerprint density at radius 3 is 2.56 bits per heavy atom. The zero-order valence-electron chi connectivity index (χ0n) is 10.2. The van der Waals surface area contributed by atoms with Gasteiger partial charge in [0.25, 0.3) is 0 Å². The summed E-state index contributed by atoms with van der Waals surface area (Å²) in [5.41, 5.74) is 0.583. The van der Waals surface area contributed by atoms with Gasteiger partial charge < -0.3 is 4.74 Å². The normalized spacial score (nSPS) is 11.8. The van der Waals surface area contributed by atoms with E-state index in [0.717, 1.165) is 0 Å². The van der Waals surface area contributed by atoms with Crippen LogP contribution in [0.15, 0.2) is 18.2 Å². The molecule has 4 nitrogen and oxygen atoms in total. The number of hydrogen-bond acceptors (Lipinski definition) is 3. The Morgan fingerprint density at radius 2 is 2.11 bits per heavy atom. The summed E-state index contributed by atoms with van der Waals surface area (Å²) in [5, 5.41) is 0. The molecule has 0 aliphatic heterocycles. The van der Waals surface area contributed by atoms with Crippen LogP contribution in [0, 0.1) is 5.82 Å². The number of benzene rings is 1. The molecule has 1 aromatic rings. The van der Waals surface area contributed by atoms with Crippen LogP contribution >= 0.6 is 15.9 Å². The predicted octanol–water partition coefficient (Wildman–Crippen LogP) is 2.34. The molecular formula is C11H15BrFNO3S. The molecule has 0 aliphatic carbocycles. The Labute approximate surface area is 115 Å². The van der Waals surface area contributed by atoms with Gasteiger partial charge in [-0.3, -0.25) is 0 Å². The lowest BCUT2D eigenvalue weighted by atomic mass is 10.2. The first kappa shape index (κ1) is 15.4. The monoisotopic (exact) mass is 339 g/mol. The minimum Gasteiger partial charge on any atom is -0.494 e. The number of nitrogens with zero attached hydrogens (tertiary/aromatic N) is 1. The minimum atomic E-state index is -3.34. The molecule has 18 heavy (non-hydrogen) atoms. The van der Waals surface area contributed by atoms with Crippen LogP contribution in [-0.2, 0) is 16.6 Å². The smallest absolute Gasteiger partial charge is 0.224 e. The highest BCUT2D eigenvalue weighted by Gasteiger charge is 2.19. The van der Waals surface area contributed by atoms with E-state index < -0.39 is 15.8 Å². The van der Waals surface area contributed by atoms with Gasteiger partial charge in [-0.05, 0) is 17.7 Å². The van der Waals surface area contributed by atoms with Crippen LogP contribution in [0.25, 0.3) is 0 Å². The summed E-state index contributed by atoms with van der Waals surface area (Å²) >= 11 is 2.94. The molecule has 1 aromatic carbocycles. The maximum absolute atomic E-state index is 13.5. The van der Waals surface area contributed by atoms with Crippen LogP contribution in [0.2, 0.25) is 0 Å². The van der Waals surface area contributed by atoms with Gasteiger partial charge in [-0.1, -0.05) is 28.9 Å². The second-order valence-electron chi connectivity index (χ2n) is 3.62. The third-order valence-corrected chi connectivity index (χ3v) is 5.64. The molecule has 0 N–H and O–H groups in total. The predicted molar refractivity (Wildman–Crippen MR) is 71.7 cm³/mol. The van der Waals surface area contributed by atoms with Crippen molar-refractivity contribution in [3.8, 4) is 5.75 Å². The van der Waals surface area contributed by atoms with E-state index >= 15 is 0 Å². The number of halogens is 2. The fourth-order valence-corrected chi connectivity index (χ4v) is 3.23. The second kappa shape index (κ2) is 6.49. The quantitative estimate of drug-likeness (QED) is 0.747. The Morgan fingerprint density at radius 1 is 1.44 bits per heavy atom. The number of ether oxygens (including phenoxy) is 1. The van der Waals surface area contributed by atoms with E-state index in [2.05, 4.69) is 15.9 Å². The van der Waals surface area contributed by atoms with Gasteiger partial charge in [0.05, 0.1) is 7.11 Å². The van der Waals surface area contributed by atoms with E-state index in [-0.39, 0.29) is 17.0 Å². The molecule has 0 atom stereocenters. The molecule has 102 valence electrons. The van der Waals surface area contributed by atoms with Gasteiger partial charge in [0, 0.05) is 13.1 Å². The maximum atomic E-state index is 13.5. The van der Waals surface area contributed by atoms with Gasteiger partial charge in [-0.15, -0.1) is 0 Å². The Kier molecular flexibility index (Phi) is 5.55. The lowest BCUT2D eigenvalue weighted by molar-refractivity contribution is 0.384. The van der Waals surface area contributed by atoms with Crippen molar-refractivity contribution in [3.63, 3.8) is 0 Å². The lowest BCUT2D eigenvalue weighted by Crippen LogP contribution is -2.31. The van der Waals surface area contributed by atoms with Crippen LogP contribution in [0.4, 0.5) is 4.39 Å². The van der Waals surface area contributed by atoms with Gasteiger partial charge in [0.15, 0.2) is 11.6 Å². The van der Waals surface area contributed by atoms with E-state index in [4.69, 9.17) is 4.74 Å². The molecule has 0 amide bonds. The maximum Gasteiger partial charge on any atom is 0.224 e. The highest BCUT2D eigenvalue weighted by atomic mass is 79.9. The number of hydrogen-bond donors (Lipinski definition) is 0. The second-order valence-corrected chi connectivity index (χ2v) is 6.89. The SMILES string of the molecule is CCN(Cc1ccc(OC)c(F)c1)S(=O)(=O)CBr. The molecule has 0 unspecified atom stereocenters. The average molecular weight is 340 g/mol. The fraction of sp³-hybridized carbons (Fsp3) is 0.455. The van der Waals surface area contributed by atoms with Crippen LogP contribution in [-0.4, -0.2) is 31.0 Å². The molecule has 0 heterocycles. The summed E-state index contributed by atoms with van der Waals surface area (Å²) in [6.07, 6.45) is 0. The largest absolute Gasteiger partial charge is 0.494 e. The summed E-state index contributed by atoms with van der Waals surface area (Å²) in [6.45, 7) is 2.22. The van der Waals surface area contributed by atoms with Crippen molar-refractivity contribution in [3.05, 3.63) is 29.6 Å². The van der Waals surface area contributed by atoms with Crippen LogP contribution in [0.3, 0.4) is 0 Å². The van der Waals surface area contributed by atoms with E-state index in [0.29, 0.717) is 12.1 Å². The van der Waals surface area contributed by atoms with Crippen molar-refractivity contribution in [2.45, 2.75) is 13.5 Å². The van der Waals surface area contributed by atoms with Gasteiger partial charge in [-0.2, -0.15) is 4.31 Å². The molecule has 7 heteroatoms. The molecule has 0 fully saturated rings. The van der Waals surface area contributed by atoms with E-state index in [9.17, 15) is 12.8 Å². The first-order chi connectivity index (χ1) is 8.44. The third kappa shape index (κ3) is 3.66. The minimum absolute atomic E-state index is 0.144. The fourth-order valence-electron chi connectivity index (χ4n) is 1.49. The van der Waals surface area contributed by atoms with Gasteiger partial charge in [0.1, 0.15) is 4.66 Å². The number of rotatable bonds is 6. The summed E-state index contributed by atoms with van der Waals surface area (Å²) in [4.78, 5) is 0. The number of methoxy groups -OCH3 is 1. The Hall–Kier alpha value is -0.660. The van der Waals surface area contributed by atoms with Crippen molar-refractivity contribution in [2.75, 3.05) is 18.3 Å². The molecule has 0 spiro atoms. The third-order valence-electron chi connectivity index (χ3n) is 2.46. The molecule has 0 saturated heterocycles. The van der Waals surface area contributed by atoms with Crippen LogP contribution in [0.1, 0.15) is 12.5 Å². The Bertz CT molecular complexity index is 507. The summed E-state index contributed by atoms with van der Waals surface area (Å²) in [7, 11) is -1.96. The highest BCUT2D eigenvalue weighted by Crippen LogP contribution is 2.19. The first-order valence-electron chi connectivity index (χ1n) is 5.30. The molecule has 0 aliphatic rings. The lowest BCUT2D eigenvalue weighted by Gasteiger charge is -2.19. The zero-order chi connectivity index (χ0) is 13.8. The standard InChI is InChI=1S/C11H15BrFNO3S/c1-3-14(18(15,16)8-12)7-9-4-5-11(17-2)10(13)6-9/h4-6H,3,7-8H2,1-2H3. The van der Waals surface area contributed by atoms with Crippen LogP contribution < -0.4 is 4.74 Å². The Balaban J connectivity index is 2.93. The molecule has 0 aromatic heterocycles. The summed E-state index contributed by atoms with van der Waals surface area (Å²) in [6, 6.07) is 4.42. The van der Waals surface area contributed by atoms with Crippen molar-refractivity contribution in [2.24, 2.45) is 0 Å². The van der Waals surface area contributed by atoms with E-state index in [1.54, 1.807) is 13.0 Å². The van der Waals surface area contributed by atoms with Gasteiger partial charge in [-0.25, -0.2) is 12.8 Å². The number of sulfonamides is 1. The molecule has 0 radical (unpaired) electrons. The zero-order valence-corrected chi connectivity index (χ0v) is 12.6. The topological polar surface area (TPSA) is 46.6 Å². The van der Waals surface area contributed by atoms with Crippen molar-refractivity contribution >= 4 is 26.0 Å². The molecule has 1 rings (SSSR count). The molecular weight excluding hydrogens is 325 g/mol. The van der Waals surface area contributed by atoms with Gasteiger partial charge in [0.2, 0.25) is 10.0 Å². The van der Waals surface area contributed by atoms with E-state index in [1.807, 2.05) is 0 Å². The van der Waals surface area contributed by atoms with Gasteiger partial charge >= 0.3 is 0 Å². The molecule has 0 saturated carbocycles. The van der Waals surface area contributed by atoms with Crippen LogP contribution in [0.5, 0.6) is 5.75 Å². The average Bonchev–Trinajstić information content (AvgIpc) is 2.35. The van der Waals surface area contributed by atoms with E-state index in [1.165, 1.54) is 23.5 Å². The summed E-state index contributed by atoms with van der Waals surface area (Å²) in [5.74, 6) is -0.354. The van der Waals surface area contributed by atoms with Crippen molar-refractivity contribution < 1.29 is 17.5 Å². The summed E-state index contributed by atoms with van der Waals surface area (Å²) < 4.78 is 42.8.